The molecule has 1 aliphatic heterocycles. The zero-order chi connectivity index (χ0) is 17.7. The van der Waals surface area contributed by atoms with Crippen LogP contribution in [0.4, 0.5) is 10.5 Å². The number of rotatable bonds is 6. The van der Waals surface area contributed by atoms with Crippen LogP contribution in [0.1, 0.15) is 49.1 Å². The van der Waals surface area contributed by atoms with Crippen LogP contribution in [0.2, 0.25) is 0 Å². The Morgan fingerprint density at radius 1 is 1.46 bits per heavy atom. The van der Waals surface area contributed by atoms with Crippen molar-refractivity contribution in [2.45, 2.75) is 38.6 Å². The summed E-state index contributed by atoms with van der Waals surface area (Å²) in [7, 11) is 0. The Morgan fingerprint density at radius 2 is 2.12 bits per heavy atom. The summed E-state index contributed by atoms with van der Waals surface area (Å²) in [5.74, 6) is -1.43. The van der Waals surface area contributed by atoms with Crippen molar-refractivity contribution in [1.29, 1.82) is 0 Å². The van der Waals surface area contributed by atoms with Crippen molar-refractivity contribution in [3.8, 4) is 0 Å². The summed E-state index contributed by atoms with van der Waals surface area (Å²) in [6.45, 7) is 3.27. The van der Waals surface area contributed by atoms with Crippen LogP contribution in [0.3, 0.4) is 0 Å². The van der Waals surface area contributed by atoms with Gasteiger partial charge in [-0.05, 0) is 19.3 Å². The van der Waals surface area contributed by atoms with Gasteiger partial charge in [0.15, 0.2) is 0 Å². The number of ether oxygens (including phenoxy) is 1. The molecule has 0 bridgehead atoms. The number of nitro groups is 1. The maximum absolute atomic E-state index is 11.9. The van der Waals surface area contributed by atoms with E-state index in [1.165, 1.54) is 4.68 Å². The predicted molar refractivity (Wildman–Crippen MR) is 81.9 cm³/mol. The van der Waals surface area contributed by atoms with Crippen molar-refractivity contribution < 1.29 is 24.4 Å². The van der Waals surface area contributed by atoms with Gasteiger partial charge in [0.1, 0.15) is 6.20 Å². The van der Waals surface area contributed by atoms with Crippen molar-refractivity contribution in [2.75, 3.05) is 19.7 Å². The quantitative estimate of drug-likeness (QED) is 0.477. The van der Waals surface area contributed by atoms with Crippen LogP contribution >= 0.6 is 0 Å². The Balaban J connectivity index is 1.97. The number of hydrogen-bond donors (Lipinski definition) is 1. The average molecular weight is 340 g/mol. The lowest BCUT2D eigenvalue weighted by molar-refractivity contribution is -0.385. The second-order valence-electron chi connectivity index (χ2n) is 5.59. The monoisotopic (exact) mass is 340 g/mol. The molecule has 2 heterocycles. The Bertz CT molecular complexity index is 589. The van der Waals surface area contributed by atoms with E-state index >= 15 is 0 Å². The minimum absolute atomic E-state index is 0.184. The Morgan fingerprint density at radius 3 is 2.62 bits per heavy atom. The van der Waals surface area contributed by atoms with Crippen LogP contribution in [0, 0.1) is 10.1 Å². The number of carbonyl (C=O) groups is 2. The summed E-state index contributed by atoms with van der Waals surface area (Å²) in [5, 5.41) is 23.7. The first-order valence-corrected chi connectivity index (χ1v) is 7.82. The fourth-order valence-corrected chi connectivity index (χ4v) is 2.56. The van der Waals surface area contributed by atoms with E-state index in [2.05, 4.69) is 5.10 Å². The number of carboxylic acids is 1. The number of aromatic carboxylic acids is 1. The lowest BCUT2D eigenvalue weighted by atomic mass is 10.1. The van der Waals surface area contributed by atoms with Crippen molar-refractivity contribution >= 4 is 17.7 Å². The topological polar surface area (TPSA) is 128 Å². The molecule has 0 aliphatic carbocycles. The SMILES string of the molecule is CCCCOC(=O)N1CCC(n2cc([N+](=O)[O-])c(C(=O)O)n2)CC1. The van der Waals surface area contributed by atoms with Gasteiger partial charge in [0.25, 0.3) is 0 Å². The molecule has 2 rings (SSSR count). The second kappa shape index (κ2) is 7.75. The van der Waals surface area contributed by atoms with Gasteiger partial charge in [-0.3, -0.25) is 14.8 Å². The van der Waals surface area contributed by atoms with E-state index in [0.29, 0.717) is 32.5 Å². The predicted octanol–water partition coefficient (Wildman–Crippen LogP) is 2.06. The van der Waals surface area contributed by atoms with E-state index in [-0.39, 0.29) is 12.1 Å². The van der Waals surface area contributed by atoms with Gasteiger partial charge >= 0.3 is 17.7 Å². The molecule has 1 aromatic heterocycles. The summed E-state index contributed by atoms with van der Waals surface area (Å²) in [5.41, 5.74) is -1.09. The van der Waals surface area contributed by atoms with Gasteiger partial charge in [-0.2, -0.15) is 5.10 Å². The standard InChI is InChI=1S/C14H20N4O6/c1-2-3-8-24-14(21)16-6-4-10(5-7-16)17-9-11(18(22)23)12(15-17)13(19)20/h9-10H,2-8H2,1H3,(H,19,20). The smallest absolute Gasteiger partial charge is 0.409 e. The lowest BCUT2D eigenvalue weighted by Gasteiger charge is -2.31. The van der Waals surface area contributed by atoms with E-state index in [4.69, 9.17) is 9.84 Å². The normalized spacial score (nSPS) is 15.3. The lowest BCUT2D eigenvalue weighted by Crippen LogP contribution is -2.39. The van der Waals surface area contributed by atoms with Gasteiger partial charge in [0, 0.05) is 13.1 Å². The number of piperidine rings is 1. The van der Waals surface area contributed by atoms with Crippen molar-refractivity contribution in [1.82, 2.24) is 14.7 Å². The molecule has 0 saturated carbocycles. The first-order chi connectivity index (χ1) is 11.4. The highest BCUT2D eigenvalue weighted by Crippen LogP contribution is 2.26. The van der Waals surface area contributed by atoms with Gasteiger partial charge < -0.3 is 14.7 Å². The fraction of sp³-hybridized carbons (Fsp3) is 0.643. The molecular weight excluding hydrogens is 320 g/mol. The molecule has 1 aromatic rings. The molecule has 0 aromatic carbocycles. The molecule has 0 radical (unpaired) electrons. The molecule has 1 saturated heterocycles. The van der Waals surface area contributed by atoms with E-state index in [0.717, 1.165) is 19.0 Å². The van der Waals surface area contributed by atoms with Crippen molar-refractivity contribution in [3.63, 3.8) is 0 Å². The highest BCUT2D eigenvalue weighted by atomic mass is 16.6. The molecule has 1 fully saturated rings. The van der Waals surface area contributed by atoms with Crippen LogP contribution in [-0.2, 0) is 4.74 Å². The summed E-state index contributed by atoms with van der Waals surface area (Å²) < 4.78 is 6.47. The van der Waals surface area contributed by atoms with Gasteiger partial charge in [-0.15, -0.1) is 0 Å². The molecule has 1 N–H and O–H groups in total. The number of nitrogens with zero attached hydrogens (tertiary/aromatic N) is 4. The highest BCUT2D eigenvalue weighted by Gasteiger charge is 2.30. The molecule has 1 amide bonds. The first-order valence-electron chi connectivity index (χ1n) is 7.82. The van der Waals surface area contributed by atoms with Gasteiger partial charge in [0.2, 0.25) is 5.69 Å². The Hall–Kier alpha value is -2.65. The van der Waals surface area contributed by atoms with Crippen LogP contribution < -0.4 is 0 Å². The maximum Gasteiger partial charge on any atom is 0.409 e. The molecule has 10 heteroatoms. The Kier molecular flexibility index (Phi) is 5.72. The van der Waals surface area contributed by atoms with Gasteiger partial charge in [-0.25, -0.2) is 9.59 Å². The van der Waals surface area contributed by atoms with E-state index in [1.807, 2.05) is 6.92 Å². The third-order valence-electron chi connectivity index (χ3n) is 3.93. The molecule has 24 heavy (non-hydrogen) atoms. The van der Waals surface area contributed by atoms with Crippen LogP contribution in [0.5, 0.6) is 0 Å². The van der Waals surface area contributed by atoms with Crippen molar-refractivity contribution in [2.24, 2.45) is 0 Å². The summed E-state index contributed by atoms with van der Waals surface area (Å²) >= 11 is 0. The number of unbranched alkanes of at least 4 members (excludes halogenated alkanes) is 1. The molecule has 0 spiro atoms. The van der Waals surface area contributed by atoms with E-state index in [9.17, 15) is 19.7 Å². The summed E-state index contributed by atoms with van der Waals surface area (Å²) in [6.07, 6.45) is 3.60. The van der Waals surface area contributed by atoms with Gasteiger partial charge in [0.05, 0.1) is 17.6 Å². The first kappa shape index (κ1) is 17.7. The number of aromatic nitrogens is 2. The fourth-order valence-electron chi connectivity index (χ4n) is 2.56. The summed E-state index contributed by atoms with van der Waals surface area (Å²) in [6, 6.07) is -0.184. The largest absolute Gasteiger partial charge is 0.476 e. The van der Waals surface area contributed by atoms with Crippen LogP contribution in [0.25, 0.3) is 0 Å². The number of carbonyl (C=O) groups excluding carboxylic acids is 1. The van der Waals surface area contributed by atoms with Crippen molar-refractivity contribution in [3.05, 3.63) is 22.0 Å². The molecule has 1 aliphatic rings. The van der Waals surface area contributed by atoms with E-state index < -0.39 is 22.3 Å². The van der Waals surface area contributed by atoms with E-state index in [1.54, 1.807) is 4.90 Å². The molecule has 132 valence electrons. The Labute approximate surface area is 138 Å². The zero-order valence-electron chi connectivity index (χ0n) is 13.4. The van der Waals surface area contributed by atoms with Crippen LogP contribution in [0.15, 0.2) is 6.20 Å². The minimum atomic E-state index is -1.43. The molecule has 0 unspecified atom stereocenters. The third-order valence-corrected chi connectivity index (χ3v) is 3.93. The zero-order valence-corrected chi connectivity index (χ0v) is 13.4. The van der Waals surface area contributed by atoms with Crippen LogP contribution in [-0.4, -0.2) is 56.5 Å². The number of carboxylic acid groups (broad SMARTS) is 1. The molecule has 0 atom stereocenters. The maximum atomic E-state index is 11.9. The molecular formula is C14H20N4O6. The van der Waals surface area contributed by atoms with Gasteiger partial charge in [-0.1, -0.05) is 13.3 Å². The number of hydrogen-bond acceptors (Lipinski definition) is 6. The third kappa shape index (κ3) is 4.00. The average Bonchev–Trinajstić information content (AvgIpc) is 3.01. The number of amides is 1. The highest BCUT2D eigenvalue weighted by molar-refractivity contribution is 5.89. The summed E-state index contributed by atoms with van der Waals surface area (Å²) in [4.78, 5) is 34.6. The minimum Gasteiger partial charge on any atom is -0.476 e. The molecule has 10 nitrogen and oxygen atoms in total. The second-order valence-corrected chi connectivity index (χ2v) is 5.59. The number of likely N-dealkylation sites (tertiary alicyclic amines) is 1.